The van der Waals surface area contributed by atoms with E-state index in [1.807, 2.05) is 18.5 Å². The second-order valence-electron chi connectivity index (χ2n) is 15.2. The Bertz CT molecular complexity index is 2400. The van der Waals surface area contributed by atoms with E-state index in [1.54, 1.807) is 0 Å². The summed E-state index contributed by atoms with van der Waals surface area (Å²) in [4.78, 5) is 31.2. The first-order valence-corrected chi connectivity index (χ1v) is 18.8. The minimum Gasteiger partial charge on any atom is -0.436 e. The molecule has 0 spiro atoms. The van der Waals surface area contributed by atoms with Crippen molar-refractivity contribution >= 4 is 39.4 Å². The zero-order valence-electron chi connectivity index (χ0n) is 30.5. The number of β-amino-alcohol motifs (C(OH)–C–C–N with tert-alkyl or cyclic N) is 1. The first-order chi connectivity index (χ1) is 25.7. The molecule has 10 heteroatoms. The number of nitrogens with one attached hydrogen (secondary N) is 1. The van der Waals surface area contributed by atoms with Crippen molar-refractivity contribution in [2.24, 2.45) is 11.7 Å². The number of pyridine rings is 2. The maximum Gasteiger partial charge on any atom is 0.227 e. The van der Waals surface area contributed by atoms with E-state index < -0.39 is 0 Å². The van der Waals surface area contributed by atoms with Crippen molar-refractivity contribution in [3.05, 3.63) is 100 Å². The largest absolute Gasteiger partial charge is 0.436 e. The fourth-order valence-corrected chi connectivity index (χ4v) is 9.00. The summed E-state index contributed by atoms with van der Waals surface area (Å²) in [5.74, 6) is 1.07. The number of aryl methyl sites for hydroxylation is 1. The first kappa shape index (κ1) is 33.7. The second kappa shape index (κ2) is 13.4. The van der Waals surface area contributed by atoms with E-state index in [0.29, 0.717) is 18.3 Å². The highest BCUT2D eigenvalue weighted by Crippen LogP contribution is 2.44. The van der Waals surface area contributed by atoms with Crippen molar-refractivity contribution < 1.29 is 14.3 Å². The zero-order chi connectivity index (χ0) is 36.4. The number of rotatable bonds is 8. The molecule has 3 aliphatic rings. The summed E-state index contributed by atoms with van der Waals surface area (Å²) in [7, 11) is 0. The number of anilines is 2. The van der Waals surface area contributed by atoms with E-state index in [4.69, 9.17) is 20.1 Å². The van der Waals surface area contributed by atoms with Crippen LogP contribution < -0.4 is 11.1 Å². The zero-order valence-corrected chi connectivity index (χ0v) is 30.5. The summed E-state index contributed by atoms with van der Waals surface area (Å²) in [6, 6.07) is 19.3. The van der Waals surface area contributed by atoms with Crippen LogP contribution in [-0.2, 0) is 17.8 Å². The molecule has 4 N–H and O–H groups in total. The Balaban J connectivity index is 1.00. The Labute approximate surface area is 309 Å². The van der Waals surface area contributed by atoms with Gasteiger partial charge in [-0.2, -0.15) is 0 Å². The highest BCUT2D eigenvalue weighted by atomic mass is 16.3. The molecular weight excluding hydrogens is 663 g/mol. The Morgan fingerprint density at radius 1 is 0.943 bits per heavy atom. The molecule has 3 aromatic carbocycles. The van der Waals surface area contributed by atoms with Gasteiger partial charge in [-0.25, -0.2) is 9.97 Å². The lowest BCUT2D eigenvalue weighted by Crippen LogP contribution is -2.29. The third-order valence-corrected chi connectivity index (χ3v) is 11.9. The predicted molar refractivity (Wildman–Crippen MR) is 208 cm³/mol. The number of carbonyl (C=O) groups excluding carboxylic acids is 1. The number of amides is 1. The minimum absolute atomic E-state index is 0.0690. The Kier molecular flexibility index (Phi) is 8.48. The van der Waals surface area contributed by atoms with Crippen LogP contribution in [0.3, 0.4) is 0 Å². The fraction of sp³-hybridized carbons (Fsp3) is 0.349. The molecule has 3 atom stereocenters. The molecule has 2 fully saturated rings. The second-order valence-corrected chi connectivity index (χ2v) is 15.2. The SMILES string of the molecule is Cc1c(Nc2nccc3cc(CN4CCC(O)C4)cnc23)cccc1-c1cccc(-c2nc3cc4c(c(C)c3o2)CCC4N2CCC(C(N)=O)C2)c1C. The van der Waals surface area contributed by atoms with Gasteiger partial charge >= 0.3 is 0 Å². The van der Waals surface area contributed by atoms with Crippen LogP contribution in [0.2, 0.25) is 0 Å². The summed E-state index contributed by atoms with van der Waals surface area (Å²) in [5.41, 5.74) is 19.5. The lowest BCUT2D eigenvalue weighted by molar-refractivity contribution is -0.121. The predicted octanol–water partition coefficient (Wildman–Crippen LogP) is 7.13. The number of aliphatic hydroxyl groups excluding tert-OH is 1. The van der Waals surface area contributed by atoms with Crippen LogP contribution in [0.25, 0.3) is 44.6 Å². The van der Waals surface area contributed by atoms with Gasteiger partial charge in [0, 0.05) is 61.3 Å². The smallest absolute Gasteiger partial charge is 0.227 e. The molecule has 1 amide bonds. The van der Waals surface area contributed by atoms with E-state index in [9.17, 15) is 9.90 Å². The van der Waals surface area contributed by atoms with E-state index in [1.165, 1.54) is 11.1 Å². The van der Waals surface area contributed by atoms with E-state index in [-0.39, 0.29) is 24.0 Å². The van der Waals surface area contributed by atoms with Gasteiger partial charge < -0.3 is 20.6 Å². The molecule has 0 saturated carbocycles. The van der Waals surface area contributed by atoms with Gasteiger partial charge in [0.2, 0.25) is 11.8 Å². The number of oxazole rings is 1. The van der Waals surface area contributed by atoms with Gasteiger partial charge in [0.05, 0.1) is 12.0 Å². The Hall–Kier alpha value is -5.16. The first-order valence-electron chi connectivity index (χ1n) is 18.8. The van der Waals surface area contributed by atoms with Gasteiger partial charge in [-0.15, -0.1) is 0 Å². The van der Waals surface area contributed by atoms with Gasteiger partial charge in [0.25, 0.3) is 0 Å². The summed E-state index contributed by atoms with van der Waals surface area (Å²) in [5, 5.41) is 14.6. The topological polar surface area (TPSA) is 134 Å². The summed E-state index contributed by atoms with van der Waals surface area (Å²) < 4.78 is 6.59. The fourth-order valence-electron chi connectivity index (χ4n) is 9.00. The number of hydrogen-bond donors (Lipinski definition) is 3. The van der Waals surface area contributed by atoms with Crippen LogP contribution >= 0.6 is 0 Å². The molecule has 5 heterocycles. The molecular formula is C43H45N7O3. The number of nitrogens with zero attached hydrogens (tertiary/aromatic N) is 5. The minimum atomic E-state index is -0.240. The van der Waals surface area contributed by atoms with Gasteiger partial charge in [-0.3, -0.25) is 19.6 Å². The molecule has 3 aromatic heterocycles. The van der Waals surface area contributed by atoms with Crippen LogP contribution in [0.5, 0.6) is 0 Å². The van der Waals surface area contributed by atoms with Crippen molar-refractivity contribution in [2.45, 2.75) is 65.1 Å². The lowest BCUT2D eigenvalue weighted by atomic mass is 9.93. The Morgan fingerprint density at radius 3 is 2.55 bits per heavy atom. The molecule has 10 nitrogen and oxygen atoms in total. The number of carbonyl (C=O) groups is 1. The van der Waals surface area contributed by atoms with Crippen LogP contribution in [0.15, 0.2) is 71.4 Å². The maximum atomic E-state index is 11.9. The summed E-state index contributed by atoms with van der Waals surface area (Å²) in [6.45, 7) is 10.4. The molecule has 2 aliphatic heterocycles. The van der Waals surface area contributed by atoms with Crippen molar-refractivity contribution in [3.8, 4) is 22.6 Å². The van der Waals surface area contributed by atoms with Crippen LogP contribution in [0.4, 0.5) is 11.5 Å². The molecule has 0 bridgehead atoms. The average molecular weight is 708 g/mol. The lowest BCUT2D eigenvalue weighted by Gasteiger charge is -2.24. The van der Waals surface area contributed by atoms with Crippen molar-refractivity contribution in [3.63, 3.8) is 0 Å². The number of primary amides is 1. The quantitative estimate of drug-likeness (QED) is 0.151. The van der Waals surface area contributed by atoms with Gasteiger partial charge in [0.15, 0.2) is 11.4 Å². The van der Waals surface area contributed by atoms with Gasteiger partial charge in [-0.05, 0) is 128 Å². The molecule has 270 valence electrons. The molecule has 1 aliphatic carbocycles. The number of nitrogens with two attached hydrogens (primary N) is 1. The van der Waals surface area contributed by atoms with Crippen LogP contribution in [-0.4, -0.2) is 68.0 Å². The standard InChI is InChI=1S/C43H45N7O3/c1-24-31(32-7-5-9-36(25(32)2)47-42-39-28(12-15-45-42)18-27(20-46-39)21-49-16-14-30(51)23-49)6-4-8-34(24)43-48-37-19-35-33(26(3)40(37)53-43)10-11-38(35)50-17-13-29(22-50)41(44)52/h4-9,12,15,18-20,29-30,38,51H,10-11,13-14,16-17,21-23H2,1-3H3,(H2,44,52)(H,45,47). The number of aliphatic hydroxyl groups is 1. The van der Waals surface area contributed by atoms with E-state index in [0.717, 1.165) is 118 Å². The number of hydrogen-bond acceptors (Lipinski definition) is 9. The van der Waals surface area contributed by atoms with E-state index in [2.05, 4.69) is 89.4 Å². The van der Waals surface area contributed by atoms with E-state index >= 15 is 0 Å². The highest BCUT2D eigenvalue weighted by molar-refractivity contribution is 5.91. The molecule has 6 aromatic rings. The van der Waals surface area contributed by atoms with Crippen molar-refractivity contribution in [1.29, 1.82) is 0 Å². The average Bonchev–Trinajstić information content (AvgIpc) is 3.97. The third-order valence-electron chi connectivity index (χ3n) is 11.9. The molecule has 2 saturated heterocycles. The number of fused-ring (bicyclic) bond motifs is 3. The van der Waals surface area contributed by atoms with Gasteiger partial charge in [0.1, 0.15) is 11.0 Å². The molecule has 53 heavy (non-hydrogen) atoms. The number of likely N-dealkylation sites (tertiary alicyclic amines) is 2. The molecule has 0 radical (unpaired) electrons. The molecule has 9 rings (SSSR count). The number of benzene rings is 3. The Morgan fingerprint density at radius 2 is 1.75 bits per heavy atom. The monoisotopic (exact) mass is 707 g/mol. The highest BCUT2D eigenvalue weighted by Gasteiger charge is 2.36. The van der Waals surface area contributed by atoms with Gasteiger partial charge in [-0.1, -0.05) is 24.3 Å². The van der Waals surface area contributed by atoms with Crippen molar-refractivity contribution in [1.82, 2.24) is 24.8 Å². The summed E-state index contributed by atoms with van der Waals surface area (Å²) in [6.07, 6.45) is 7.18. The van der Waals surface area contributed by atoms with Crippen LogP contribution in [0, 0.1) is 26.7 Å². The van der Waals surface area contributed by atoms with Crippen molar-refractivity contribution in [2.75, 3.05) is 31.5 Å². The molecule has 3 unspecified atom stereocenters. The maximum absolute atomic E-state index is 11.9. The summed E-state index contributed by atoms with van der Waals surface area (Å²) >= 11 is 0. The normalized spacial score (nSPS) is 20.5. The van der Waals surface area contributed by atoms with Crippen LogP contribution in [0.1, 0.15) is 58.7 Å². The third kappa shape index (κ3) is 6.04. The number of aromatic nitrogens is 3.